The molecule has 21 heavy (non-hydrogen) atoms. The van der Waals surface area contributed by atoms with Crippen LogP contribution in [-0.2, 0) is 6.42 Å². The number of hydrogen-bond acceptors (Lipinski definition) is 2. The molecule has 0 saturated carbocycles. The van der Waals surface area contributed by atoms with Crippen molar-refractivity contribution in [1.29, 1.82) is 0 Å². The summed E-state index contributed by atoms with van der Waals surface area (Å²) in [7, 11) is 0. The number of nitrogens with zero attached hydrogens (tertiary/aromatic N) is 1. The molecule has 0 fully saturated rings. The van der Waals surface area contributed by atoms with Gasteiger partial charge in [0.2, 0.25) is 0 Å². The average Bonchev–Trinajstić information content (AvgIpc) is 2.83. The van der Waals surface area contributed by atoms with Gasteiger partial charge in [0.25, 0.3) is 0 Å². The summed E-state index contributed by atoms with van der Waals surface area (Å²) in [5.74, 6) is 0. The molecule has 5 heteroatoms. The van der Waals surface area contributed by atoms with Crippen molar-refractivity contribution < 1.29 is 4.79 Å². The summed E-state index contributed by atoms with van der Waals surface area (Å²) in [6.07, 6.45) is 1.74. The number of rotatable bonds is 1. The third kappa shape index (κ3) is 2.08. The van der Waals surface area contributed by atoms with Gasteiger partial charge in [0.1, 0.15) is 0 Å². The highest BCUT2D eigenvalue weighted by Gasteiger charge is 2.25. The molecule has 0 unspecified atom stereocenters. The van der Waals surface area contributed by atoms with Crippen LogP contribution in [0.4, 0.5) is 5.69 Å². The summed E-state index contributed by atoms with van der Waals surface area (Å²) in [5.41, 5.74) is 6.08. The highest BCUT2D eigenvalue weighted by atomic mass is 79.9. The van der Waals surface area contributed by atoms with Crippen molar-refractivity contribution in [3.8, 4) is 0 Å². The quantitative estimate of drug-likeness (QED) is 0.461. The van der Waals surface area contributed by atoms with E-state index in [9.17, 15) is 4.79 Å². The summed E-state index contributed by atoms with van der Waals surface area (Å²) >= 11 is 11.0. The van der Waals surface area contributed by atoms with E-state index in [0.29, 0.717) is 0 Å². The van der Waals surface area contributed by atoms with Crippen LogP contribution in [-0.4, -0.2) is 10.9 Å². The minimum absolute atomic E-state index is 0.772. The van der Waals surface area contributed by atoms with E-state index in [1.807, 2.05) is 13.8 Å². The molecule has 0 radical (unpaired) electrons. The number of carbonyl (C=O) groups excluding carboxylic acids is 1. The molecule has 108 valence electrons. The summed E-state index contributed by atoms with van der Waals surface area (Å²) in [6.45, 7) is 6.07. The van der Waals surface area contributed by atoms with Crippen LogP contribution in [0.3, 0.4) is 0 Å². The predicted octanol–water partition coefficient (Wildman–Crippen LogP) is 6.08. The van der Waals surface area contributed by atoms with Crippen molar-refractivity contribution in [3.63, 3.8) is 0 Å². The Labute approximate surface area is 148 Å². The average molecular weight is 474 g/mol. The Morgan fingerprint density at radius 3 is 2.19 bits per heavy atom. The zero-order valence-electron chi connectivity index (χ0n) is 11.8. The second-order valence-electron chi connectivity index (χ2n) is 5.28. The fourth-order valence-electron chi connectivity index (χ4n) is 3.00. The van der Waals surface area contributed by atoms with Gasteiger partial charge in [0, 0.05) is 32.8 Å². The molecule has 0 atom stereocenters. The molecule has 1 aliphatic rings. The number of aryl methyl sites for hydroxylation is 2. The molecule has 1 aliphatic heterocycles. The minimum Gasteiger partial charge on any atom is -0.298 e. The molecule has 2 aromatic carbocycles. The Morgan fingerprint density at radius 2 is 1.57 bits per heavy atom. The van der Waals surface area contributed by atoms with Crippen molar-refractivity contribution in [2.75, 3.05) is 0 Å². The standard InChI is InChI=1S/C16H12Br3NO/c1-6-7(2)12-13(8(3)10(6)5-21)15(19)16-9(14(12)18)4-11(17)20-16/h5H,4H2,1-3H3. The molecule has 0 N–H and O–H groups in total. The molecule has 3 rings (SSSR count). The summed E-state index contributed by atoms with van der Waals surface area (Å²) in [6, 6.07) is 0. The van der Waals surface area contributed by atoms with Gasteiger partial charge >= 0.3 is 0 Å². The highest BCUT2D eigenvalue weighted by molar-refractivity contribution is 9.18. The maximum absolute atomic E-state index is 11.5. The molecule has 0 saturated heterocycles. The minimum atomic E-state index is 0.772. The lowest BCUT2D eigenvalue weighted by atomic mass is 9.90. The van der Waals surface area contributed by atoms with E-state index in [1.165, 1.54) is 10.9 Å². The molecule has 0 bridgehead atoms. The van der Waals surface area contributed by atoms with Crippen LogP contribution in [0.5, 0.6) is 0 Å². The lowest BCUT2D eigenvalue weighted by Gasteiger charge is -2.18. The van der Waals surface area contributed by atoms with Crippen LogP contribution in [0.15, 0.2) is 13.9 Å². The normalized spacial score (nSPS) is 13.5. The van der Waals surface area contributed by atoms with Gasteiger partial charge in [-0.1, -0.05) is 0 Å². The first kappa shape index (κ1) is 15.4. The summed E-state index contributed by atoms with van der Waals surface area (Å²) in [5, 5.41) is 2.23. The van der Waals surface area contributed by atoms with Crippen LogP contribution < -0.4 is 0 Å². The summed E-state index contributed by atoms with van der Waals surface area (Å²) in [4.78, 5) is 16.0. The van der Waals surface area contributed by atoms with E-state index in [4.69, 9.17) is 0 Å². The molecule has 0 aliphatic carbocycles. The number of aliphatic imine (C=N–C) groups is 1. The van der Waals surface area contributed by atoms with Gasteiger partial charge in [-0.25, -0.2) is 4.99 Å². The number of carbonyl (C=O) groups is 1. The molecular formula is C16H12Br3NO. The predicted molar refractivity (Wildman–Crippen MR) is 98.7 cm³/mol. The van der Waals surface area contributed by atoms with Crippen molar-refractivity contribution in [1.82, 2.24) is 0 Å². The molecule has 2 aromatic rings. The topological polar surface area (TPSA) is 29.4 Å². The smallest absolute Gasteiger partial charge is 0.150 e. The van der Waals surface area contributed by atoms with Crippen LogP contribution in [0.2, 0.25) is 0 Å². The fraction of sp³-hybridized carbons (Fsp3) is 0.250. The van der Waals surface area contributed by atoms with E-state index < -0.39 is 0 Å². The third-order valence-corrected chi connectivity index (χ3v) is 6.35. The maximum atomic E-state index is 11.5. The maximum Gasteiger partial charge on any atom is 0.150 e. The first-order valence-corrected chi connectivity index (χ1v) is 8.87. The zero-order valence-corrected chi connectivity index (χ0v) is 16.5. The number of aldehydes is 1. The largest absolute Gasteiger partial charge is 0.298 e. The second-order valence-corrected chi connectivity index (χ2v) is 7.78. The molecular weight excluding hydrogens is 462 g/mol. The van der Waals surface area contributed by atoms with E-state index >= 15 is 0 Å². The van der Waals surface area contributed by atoms with Gasteiger partial charge in [-0.05, 0) is 85.3 Å². The van der Waals surface area contributed by atoms with Gasteiger partial charge in [0.15, 0.2) is 6.29 Å². The summed E-state index contributed by atoms with van der Waals surface area (Å²) < 4.78 is 2.97. The SMILES string of the molecule is Cc1c(C=O)c(C)c2c(Br)c3c(c(Br)c2c1C)CC(Br)=N3. The Hall–Kier alpha value is -0.520. The Kier molecular flexibility index (Phi) is 3.87. The van der Waals surface area contributed by atoms with Gasteiger partial charge in [-0.2, -0.15) is 0 Å². The van der Waals surface area contributed by atoms with E-state index in [1.54, 1.807) is 0 Å². The number of hydrogen-bond donors (Lipinski definition) is 0. The van der Waals surface area contributed by atoms with Crippen LogP contribution in [0, 0.1) is 20.8 Å². The first-order chi connectivity index (χ1) is 9.88. The highest BCUT2D eigenvalue weighted by Crippen LogP contribution is 2.48. The molecule has 0 aromatic heterocycles. The van der Waals surface area contributed by atoms with E-state index in [-0.39, 0.29) is 0 Å². The van der Waals surface area contributed by atoms with Crippen LogP contribution in [0.1, 0.15) is 32.6 Å². The fourth-order valence-corrected chi connectivity index (χ4v) is 5.10. The van der Waals surface area contributed by atoms with Gasteiger partial charge < -0.3 is 0 Å². The Morgan fingerprint density at radius 1 is 0.952 bits per heavy atom. The lowest BCUT2D eigenvalue weighted by molar-refractivity contribution is 0.112. The van der Waals surface area contributed by atoms with Crippen LogP contribution >= 0.6 is 47.8 Å². The monoisotopic (exact) mass is 471 g/mol. The van der Waals surface area contributed by atoms with Gasteiger partial charge in [-0.15, -0.1) is 0 Å². The van der Waals surface area contributed by atoms with Crippen molar-refractivity contribution >= 4 is 75.2 Å². The van der Waals surface area contributed by atoms with Crippen LogP contribution in [0.25, 0.3) is 10.8 Å². The van der Waals surface area contributed by atoms with Gasteiger partial charge in [-0.3, -0.25) is 4.79 Å². The Bertz CT molecular complexity index is 853. The second kappa shape index (κ2) is 5.28. The van der Waals surface area contributed by atoms with Crippen molar-refractivity contribution in [2.24, 2.45) is 4.99 Å². The molecule has 0 spiro atoms. The number of benzene rings is 2. The molecule has 1 heterocycles. The van der Waals surface area contributed by atoms with E-state index in [0.717, 1.165) is 59.6 Å². The number of halogens is 3. The number of fused-ring (bicyclic) bond motifs is 2. The van der Waals surface area contributed by atoms with Crippen molar-refractivity contribution in [3.05, 3.63) is 36.8 Å². The molecule has 2 nitrogen and oxygen atoms in total. The first-order valence-electron chi connectivity index (χ1n) is 6.50. The Balaban J connectivity index is 2.61. The van der Waals surface area contributed by atoms with Gasteiger partial charge in [0.05, 0.1) is 14.8 Å². The zero-order chi connectivity index (χ0) is 15.5. The molecule has 0 amide bonds. The lowest BCUT2D eigenvalue weighted by Crippen LogP contribution is -2.00. The third-order valence-electron chi connectivity index (χ3n) is 4.24. The van der Waals surface area contributed by atoms with E-state index in [2.05, 4.69) is 59.7 Å². The van der Waals surface area contributed by atoms with Crippen molar-refractivity contribution in [2.45, 2.75) is 27.2 Å².